The summed E-state index contributed by atoms with van der Waals surface area (Å²) in [6.07, 6.45) is 7.33. The normalized spacial score (nSPS) is 18.1. The Morgan fingerprint density at radius 2 is 2.25 bits per heavy atom. The van der Waals surface area contributed by atoms with Gasteiger partial charge in [0.1, 0.15) is 0 Å². The van der Waals surface area contributed by atoms with E-state index in [0.717, 1.165) is 18.4 Å². The highest BCUT2D eigenvalue weighted by atomic mass is 16.5. The summed E-state index contributed by atoms with van der Waals surface area (Å²) in [5, 5.41) is 9.08. The quantitative estimate of drug-likeness (QED) is 0.798. The van der Waals surface area contributed by atoms with Gasteiger partial charge < -0.3 is 9.84 Å². The summed E-state index contributed by atoms with van der Waals surface area (Å²) >= 11 is 0. The maximum absolute atomic E-state index is 11.1. The summed E-state index contributed by atoms with van der Waals surface area (Å²) in [7, 11) is 0. The van der Waals surface area contributed by atoms with E-state index in [-0.39, 0.29) is 5.41 Å². The minimum atomic E-state index is -0.889. The van der Waals surface area contributed by atoms with Gasteiger partial charge in [0.25, 0.3) is 0 Å². The van der Waals surface area contributed by atoms with Crippen molar-refractivity contribution in [3.63, 3.8) is 0 Å². The molecule has 0 saturated heterocycles. The molecule has 1 aliphatic rings. The highest BCUT2D eigenvalue weighted by molar-refractivity contribution is 5.73. The van der Waals surface area contributed by atoms with Gasteiger partial charge >= 0.3 is 5.97 Å². The molecular formula is C13H20O3. The summed E-state index contributed by atoms with van der Waals surface area (Å²) < 4.78 is 5.51. The Labute approximate surface area is 96.8 Å². The number of carboxylic acids is 1. The second kappa shape index (κ2) is 5.30. The maximum atomic E-state index is 11.1. The number of hydrogen-bond acceptors (Lipinski definition) is 2. The van der Waals surface area contributed by atoms with Crippen molar-refractivity contribution in [3.8, 4) is 0 Å². The minimum Gasteiger partial charge on any atom is -0.479 e. The molecule has 0 aromatic heterocycles. The molecule has 3 heteroatoms. The van der Waals surface area contributed by atoms with Crippen LogP contribution in [0.3, 0.4) is 0 Å². The molecule has 16 heavy (non-hydrogen) atoms. The zero-order valence-corrected chi connectivity index (χ0v) is 10.2. The molecule has 0 saturated carbocycles. The lowest BCUT2D eigenvalue weighted by atomic mass is 9.89. The molecular weight excluding hydrogens is 204 g/mol. The molecule has 3 nitrogen and oxygen atoms in total. The van der Waals surface area contributed by atoms with Gasteiger partial charge in [0.15, 0.2) is 6.10 Å². The van der Waals surface area contributed by atoms with Crippen molar-refractivity contribution < 1.29 is 14.6 Å². The van der Waals surface area contributed by atoms with Crippen molar-refractivity contribution in [1.29, 1.82) is 0 Å². The molecule has 0 aromatic rings. The Balaban J connectivity index is 2.54. The monoisotopic (exact) mass is 224 g/mol. The molecule has 1 aliphatic carbocycles. The number of allylic oxidation sites excluding steroid dienone is 3. The van der Waals surface area contributed by atoms with Crippen molar-refractivity contribution in [2.75, 3.05) is 6.61 Å². The van der Waals surface area contributed by atoms with Crippen LogP contribution in [0.1, 0.15) is 33.6 Å². The van der Waals surface area contributed by atoms with Crippen LogP contribution in [0, 0.1) is 5.41 Å². The number of rotatable bonds is 4. The third-order valence-electron chi connectivity index (χ3n) is 2.55. The molecule has 90 valence electrons. The van der Waals surface area contributed by atoms with Gasteiger partial charge in [0, 0.05) is 0 Å². The molecule has 0 heterocycles. The highest BCUT2D eigenvalue weighted by Gasteiger charge is 2.32. The summed E-state index contributed by atoms with van der Waals surface area (Å²) in [5.41, 5.74) is 0.787. The molecule has 1 unspecified atom stereocenters. The van der Waals surface area contributed by atoms with Crippen LogP contribution in [0.5, 0.6) is 0 Å². The minimum absolute atomic E-state index is 0.378. The molecule has 0 amide bonds. The first-order chi connectivity index (χ1) is 7.41. The second-order valence-corrected chi connectivity index (χ2v) is 5.19. The zero-order valence-electron chi connectivity index (χ0n) is 10.2. The van der Waals surface area contributed by atoms with Crippen LogP contribution in [0.15, 0.2) is 23.8 Å². The Bertz CT molecular complexity index is 308. The van der Waals surface area contributed by atoms with Crippen LogP contribution in [-0.4, -0.2) is 23.8 Å². The number of ether oxygens (including phenoxy) is 1. The Morgan fingerprint density at radius 3 is 2.69 bits per heavy atom. The zero-order chi connectivity index (χ0) is 12.2. The Morgan fingerprint density at radius 1 is 1.56 bits per heavy atom. The molecule has 0 fully saturated rings. The van der Waals surface area contributed by atoms with Gasteiger partial charge in [-0.05, 0) is 23.8 Å². The van der Waals surface area contributed by atoms with Gasteiger partial charge in [-0.25, -0.2) is 4.79 Å². The van der Waals surface area contributed by atoms with E-state index in [1.807, 2.05) is 32.9 Å². The molecule has 0 aromatic carbocycles. The smallest absolute Gasteiger partial charge is 0.333 e. The van der Waals surface area contributed by atoms with Crippen LogP contribution in [0.25, 0.3) is 0 Å². The lowest BCUT2D eigenvalue weighted by Crippen LogP contribution is -2.37. The summed E-state index contributed by atoms with van der Waals surface area (Å²) in [5.74, 6) is -0.889. The molecule has 0 radical (unpaired) electrons. The van der Waals surface area contributed by atoms with Crippen molar-refractivity contribution >= 4 is 5.97 Å². The highest BCUT2D eigenvalue weighted by Crippen LogP contribution is 2.24. The molecule has 1 atom stereocenters. The number of aliphatic carboxylic acids is 1. The van der Waals surface area contributed by atoms with Crippen LogP contribution in [0.4, 0.5) is 0 Å². The first-order valence-corrected chi connectivity index (χ1v) is 5.60. The largest absolute Gasteiger partial charge is 0.479 e. The van der Waals surface area contributed by atoms with Gasteiger partial charge in [0.05, 0.1) is 6.61 Å². The van der Waals surface area contributed by atoms with Gasteiger partial charge in [-0.1, -0.05) is 39.0 Å². The Kier molecular flexibility index (Phi) is 4.30. The lowest BCUT2D eigenvalue weighted by molar-refractivity contribution is -0.157. The summed E-state index contributed by atoms with van der Waals surface area (Å²) in [6.45, 7) is 6.04. The van der Waals surface area contributed by atoms with Crippen LogP contribution < -0.4 is 0 Å². The third-order valence-corrected chi connectivity index (χ3v) is 2.55. The maximum Gasteiger partial charge on any atom is 0.333 e. The summed E-state index contributed by atoms with van der Waals surface area (Å²) in [4.78, 5) is 11.1. The molecule has 1 N–H and O–H groups in total. The van der Waals surface area contributed by atoms with E-state index in [2.05, 4.69) is 6.08 Å². The molecule has 0 aliphatic heterocycles. The van der Waals surface area contributed by atoms with E-state index >= 15 is 0 Å². The topological polar surface area (TPSA) is 46.5 Å². The third kappa shape index (κ3) is 3.81. The Hall–Kier alpha value is -1.09. The fourth-order valence-electron chi connectivity index (χ4n) is 1.65. The molecule has 0 spiro atoms. The fraction of sp³-hybridized carbons (Fsp3) is 0.615. The predicted molar refractivity (Wildman–Crippen MR) is 63.3 cm³/mol. The van der Waals surface area contributed by atoms with Gasteiger partial charge in [-0.3, -0.25) is 0 Å². The average Bonchev–Trinajstić information content (AvgIpc) is 2.17. The van der Waals surface area contributed by atoms with Crippen LogP contribution in [-0.2, 0) is 9.53 Å². The number of carboxylic acid groups (broad SMARTS) is 1. The van der Waals surface area contributed by atoms with Crippen molar-refractivity contribution in [1.82, 2.24) is 0 Å². The van der Waals surface area contributed by atoms with E-state index in [9.17, 15) is 4.79 Å². The first-order valence-electron chi connectivity index (χ1n) is 5.60. The SMILES string of the molecule is CC(C)(C)C(OCC1=CC=CCC1)C(=O)O. The lowest BCUT2D eigenvalue weighted by Gasteiger charge is -2.27. The van der Waals surface area contributed by atoms with Crippen LogP contribution in [0.2, 0.25) is 0 Å². The van der Waals surface area contributed by atoms with E-state index in [0.29, 0.717) is 6.61 Å². The van der Waals surface area contributed by atoms with Crippen molar-refractivity contribution in [2.24, 2.45) is 5.41 Å². The fourth-order valence-corrected chi connectivity index (χ4v) is 1.65. The van der Waals surface area contributed by atoms with Gasteiger partial charge in [-0.2, -0.15) is 0 Å². The first kappa shape index (κ1) is 13.0. The molecule has 1 rings (SSSR count). The standard InChI is InChI=1S/C13H20O3/c1-13(2,3)11(12(14)15)16-9-10-7-5-4-6-8-10/h4-5,7,11H,6,8-9H2,1-3H3,(H,14,15). The van der Waals surface area contributed by atoms with Gasteiger partial charge in [-0.15, -0.1) is 0 Å². The summed E-state index contributed by atoms with van der Waals surface area (Å²) in [6, 6.07) is 0. The van der Waals surface area contributed by atoms with Crippen LogP contribution >= 0.6 is 0 Å². The van der Waals surface area contributed by atoms with Crippen molar-refractivity contribution in [2.45, 2.75) is 39.7 Å². The average molecular weight is 224 g/mol. The van der Waals surface area contributed by atoms with E-state index in [1.165, 1.54) is 0 Å². The second-order valence-electron chi connectivity index (χ2n) is 5.19. The van der Waals surface area contributed by atoms with Crippen molar-refractivity contribution in [3.05, 3.63) is 23.8 Å². The number of carbonyl (C=O) groups is 1. The van der Waals surface area contributed by atoms with E-state index < -0.39 is 12.1 Å². The van der Waals surface area contributed by atoms with Gasteiger partial charge in [0.2, 0.25) is 0 Å². The molecule has 0 bridgehead atoms. The van der Waals surface area contributed by atoms with E-state index in [4.69, 9.17) is 9.84 Å². The predicted octanol–water partition coefficient (Wildman–Crippen LogP) is 2.78. The van der Waals surface area contributed by atoms with E-state index in [1.54, 1.807) is 0 Å². The number of hydrogen-bond donors (Lipinski definition) is 1.